The van der Waals surface area contributed by atoms with Gasteiger partial charge in [-0.15, -0.1) is 0 Å². The fraction of sp³-hybridized carbons (Fsp3) is 0.375. The minimum Gasteiger partial charge on any atom is -0.331 e. The van der Waals surface area contributed by atoms with Crippen molar-refractivity contribution in [2.75, 3.05) is 0 Å². The van der Waals surface area contributed by atoms with Crippen molar-refractivity contribution in [2.24, 2.45) is 12.8 Å². The second kappa shape index (κ2) is 4.70. The zero-order chi connectivity index (χ0) is 15.2. The van der Waals surface area contributed by atoms with Gasteiger partial charge in [0.15, 0.2) is 5.82 Å². The summed E-state index contributed by atoms with van der Waals surface area (Å²) < 4.78 is 4.26. The molecule has 0 fully saturated rings. The molecule has 0 unspecified atom stereocenters. The molecule has 0 amide bonds. The molecule has 0 aliphatic carbocycles. The molecule has 2 N–H and O–H groups in total. The van der Waals surface area contributed by atoms with Crippen molar-refractivity contribution in [1.29, 1.82) is 0 Å². The van der Waals surface area contributed by atoms with E-state index in [-0.39, 0.29) is 5.54 Å². The van der Waals surface area contributed by atoms with Crippen LogP contribution in [0, 0.1) is 0 Å². The first-order valence-corrected chi connectivity index (χ1v) is 7.10. The minimum absolute atomic E-state index is 0.0708. The molecule has 21 heavy (non-hydrogen) atoms. The van der Waals surface area contributed by atoms with Gasteiger partial charge in [0.1, 0.15) is 5.69 Å². The van der Waals surface area contributed by atoms with Crippen LogP contribution >= 0.6 is 0 Å². The van der Waals surface area contributed by atoms with E-state index >= 15 is 0 Å². The first-order valence-electron chi connectivity index (χ1n) is 7.10. The summed E-state index contributed by atoms with van der Waals surface area (Å²) in [6.45, 7) is 7.08. The number of imidazole rings is 2. The van der Waals surface area contributed by atoms with Crippen molar-refractivity contribution < 1.29 is 0 Å². The number of hydrogen-bond donors (Lipinski definition) is 1. The van der Waals surface area contributed by atoms with Gasteiger partial charge in [0.25, 0.3) is 0 Å². The molecule has 3 aromatic rings. The molecule has 1 aromatic carbocycles. The molecular weight excluding hydrogens is 262 g/mol. The Morgan fingerprint density at radius 2 is 2.00 bits per heavy atom. The lowest BCUT2D eigenvalue weighted by molar-refractivity contribution is 0.412. The minimum atomic E-state index is -0.0708. The van der Waals surface area contributed by atoms with E-state index in [1.54, 1.807) is 6.33 Å². The van der Waals surface area contributed by atoms with Crippen molar-refractivity contribution in [2.45, 2.75) is 32.9 Å². The third-order valence-corrected chi connectivity index (χ3v) is 3.67. The highest BCUT2D eigenvalue weighted by molar-refractivity contribution is 5.81. The molecule has 0 atom stereocenters. The fourth-order valence-corrected chi connectivity index (χ4v) is 2.68. The lowest BCUT2D eigenvalue weighted by Crippen LogP contribution is -2.23. The maximum atomic E-state index is 5.74. The van der Waals surface area contributed by atoms with Crippen LogP contribution < -0.4 is 5.73 Å². The lowest BCUT2D eigenvalue weighted by atomic mass is 10.1. The van der Waals surface area contributed by atoms with Crippen molar-refractivity contribution >= 4 is 11.0 Å². The Bertz CT molecular complexity index is 789. The molecule has 0 saturated carbocycles. The van der Waals surface area contributed by atoms with Crippen LogP contribution in [0.2, 0.25) is 0 Å². The Balaban J connectivity index is 2.35. The largest absolute Gasteiger partial charge is 0.331 e. The number of aromatic nitrogens is 4. The number of aryl methyl sites for hydroxylation is 1. The number of benzene rings is 1. The average Bonchev–Trinajstić information content (AvgIpc) is 2.99. The Morgan fingerprint density at radius 3 is 2.57 bits per heavy atom. The van der Waals surface area contributed by atoms with Gasteiger partial charge in [0.05, 0.1) is 23.6 Å². The van der Waals surface area contributed by atoms with Crippen LogP contribution in [0.5, 0.6) is 0 Å². The van der Waals surface area contributed by atoms with Crippen LogP contribution in [-0.4, -0.2) is 19.1 Å². The molecule has 5 heteroatoms. The van der Waals surface area contributed by atoms with Crippen LogP contribution in [0.25, 0.3) is 22.6 Å². The van der Waals surface area contributed by atoms with Crippen molar-refractivity contribution in [3.63, 3.8) is 0 Å². The van der Waals surface area contributed by atoms with E-state index in [9.17, 15) is 0 Å². The number of hydrogen-bond acceptors (Lipinski definition) is 3. The molecule has 3 rings (SSSR count). The molecule has 0 aliphatic heterocycles. The Morgan fingerprint density at radius 1 is 1.24 bits per heavy atom. The molecule has 2 aromatic heterocycles. The van der Waals surface area contributed by atoms with Gasteiger partial charge in [-0.2, -0.15) is 0 Å². The molecule has 0 radical (unpaired) electrons. The summed E-state index contributed by atoms with van der Waals surface area (Å²) in [6, 6.07) is 6.24. The Hall–Kier alpha value is -2.14. The molecule has 0 spiro atoms. The standard InChI is InChI=1S/C16H21N5/c1-16(2,3)21-13-6-5-11(8-17)7-12(13)19-15(21)14-9-18-10-20(14)4/h5-7,9-10H,8,17H2,1-4H3. The molecule has 0 aliphatic rings. The highest BCUT2D eigenvalue weighted by Crippen LogP contribution is 2.31. The quantitative estimate of drug-likeness (QED) is 0.786. The summed E-state index contributed by atoms with van der Waals surface area (Å²) in [5.41, 5.74) is 9.87. The average molecular weight is 283 g/mol. The smallest absolute Gasteiger partial charge is 0.159 e. The van der Waals surface area contributed by atoms with E-state index in [4.69, 9.17) is 10.7 Å². The number of nitrogens with zero attached hydrogens (tertiary/aromatic N) is 4. The highest BCUT2D eigenvalue weighted by atomic mass is 15.2. The predicted octanol–water partition coefficient (Wildman–Crippen LogP) is 2.65. The molecule has 0 saturated heterocycles. The summed E-state index contributed by atoms with van der Waals surface area (Å²) in [7, 11) is 1.99. The first kappa shape index (κ1) is 13.8. The van der Waals surface area contributed by atoms with Crippen LogP contribution in [0.4, 0.5) is 0 Å². The van der Waals surface area contributed by atoms with Gasteiger partial charge < -0.3 is 14.9 Å². The lowest BCUT2D eigenvalue weighted by Gasteiger charge is -2.24. The van der Waals surface area contributed by atoms with E-state index in [1.807, 2.05) is 17.8 Å². The normalized spacial score (nSPS) is 12.2. The van der Waals surface area contributed by atoms with Crippen LogP contribution in [-0.2, 0) is 19.1 Å². The van der Waals surface area contributed by atoms with Crippen molar-refractivity contribution in [3.8, 4) is 11.5 Å². The third kappa shape index (κ3) is 2.23. The van der Waals surface area contributed by atoms with Crippen molar-refractivity contribution in [3.05, 3.63) is 36.3 Å². The maximum absolute atomic E-state index is 5.74. The monoisotopic (exact) mass is 283 g/mol. The third-order valence-electron chi connectivity index (χ3n) is 3.67. The van der Waals surface area contributed by atoms with Gasteiger partial charge in [-0.25, -0.2) is 9.97 Å². The summed E-state index contributed by atoms with van der Waals surface area (Å²) in [4.78, 5) is 9.05. The molecule has 0 bridgehead atoms. The van der Waals surface area contributed by atoms with Gasteiger partial charge in [-0.05, 0) is 38.5 Å². The second-order valence-electron chi connectivity index (χ2n) is 6.36. The first-order chi connectivity index (χ1) is 9.91. The van der Waals surface area contributed by atoms with Crippen molar-refractivity contribution in [1.82, 2.24) is 19.1 Å². The molecule has 110 valence electrons. The predicted molar refractivity (Wildman–Crippen MR) is 84.8 cm³/mol. The maximum Gasteiger partial charge on any atom is 0.159 e. The second-order valence-corrected chi connectivity index (χ2v) is 6.36. The van der Waals surface area contributed by atoms with Gasteiger partial charge in [-0.3, -0.25) is 0 Å². The summed E-state index contributed by atoms with van der Waals surface area (Å²) in [6.07, 6.45) is 3.65. The number of nitrogens with two attached hydrogens (primary N) is 1. The van der Waals surface area contributed by atoms with E-state index in [0.717, 1.165) is 28.1 Å². The molecular formula is C16H21N5. The zero-order valence-corrected chi connectivity index (χ0v) is 13.0. The van der Waals surface area contributed by atoms with E-state index < -0.39 is 0 Å². The molecule has 2 heterocycles. The van der Waals surface area contributed by atoms with Gasteiger partial charge in [-0.1, -0.05) is 6.07 Å². The van der Waals surface area contributed by atoms with Crippen LogP contribution in [0.3, 0.4) is 0 Å². The molecule has 5 nitrogen and oxygen atoms in total. The number of fused-ring (bicyclic) bond motifs is 1. The highest BCUT2D eigenvalue weighted by Gasteiger charge is 2.23. The van der Waals surface area contributed by atoms with E-state index in [2.05, 4.69) is 48.5 Å². The summed E-state index contributed by atoms with van der Waals surface area (Å²) >= 11 is 0. The Labute approximate surface area is 124 Å². The fourth-order valence-electron chi connectivity index (χ4n) is 2.68. The Kier molecular flexibility index (Phi) is 3.10. The van der Waals surface area contributed by atoms with E-state index in [1.165, 1.54) is 0 Å². The SMILES string of the molecule is Cn1cncc1-c1nc2cc(CN)ccc2n1C(C)(C)C. The van der Waals surface area contributed by atoms with Gasteiger partial charge in [0.2, 0.25) is 0 Å². The summed E-state index contributed by atoms with van der Waals surface area (Å²) in [5, 5.41) is 0. The van der Waals surface area contributed by atoms with Gasteiger partial charge in [0, 0.05) is 19.1 Å². The van der Waals surface area contributed by atoms with Gasteiger partial charge >= 0.3 is 0 Å². The van der Waals surface area contributed by atoms with E-state index in [0.29, 0.717) is 6.54 Å². The topological polar surface area (TPSA) is 61.7 Å². The van der Waals surface area contributed by atoms with Crippen LogP contribution in [0.1, 0.15) is 26.3 Å². The number of rotatable bonds is 2. The zero-order valence-electron chi connectivity index (χ0n) is 13.0. The summed E-state index contributed by atoms with van der Waals surface area (Å²) in [5.74, 6) is 0.937. The van der Waals surface area contributed by atoms with Crippen LogP contribution in [0.15, 0.2) is 30.7 Å².